The van der Waals surface area contributed by atoms with E-state index in [1.807, 2.05) is 48.5 Å². The van der Waals surface area contributed by atoms with Gasteiger partial charge in [-0.2, -0.15) is 5.10 Å². The second-order valence-corrected chi connectivity index (χ2v) is 5.76. The molecule has 0 bridgehead atoms. The summed E-state index contributed by atoms with van der Waals surface area (Å²) in [6.07, 6.45) is 0.434. The maximum atomic E-state index is 6.32. The Morgan fingerprint density at radius 2 is 2.09 bits per heavy atom. The lowest BCUT2D eigenvalue weighted by atomic mass is 10.1. The van der Waals surface area contributed by atoms with Gasteiger partial charge in [-0.3, -0.25) is 5.43 Å². The van der Waals surface area contributed by atoms with Crippen molar-refractivity contribution in [3.8, 4) is 5.75 Å². The molecule has 1 N–H and O–H groups in total. The minimum Gasteiger partial charge on any atom is -0.497 e. The molecule has 1 atom stereocenters. The second kappa shape index (κ2) is 6.98. The largest absolute Gasteiger partial charge is 0.497 e. The summed E-state index contributed by atoms with van der Waals surface area (Å²) >= 11 is 11.4. The number of ether oxygens (including phenoxy) is 1. The number of para-hydroxylation sites is 1. The monoisotopic (exact) mass is 345 g/mol. The van der Waals surface area contributed by atoms with Crippen molar-refractivity contribution in [1.82, 2.24) is 5.43 Å². The predicted molar refractivity (Wildman–Crippen MR) is 98.6 cm³/mol. The van der Waals surface area contributed by atoms with E-state index in [1.165, 1.54) is 0 Å². The average Bonchev–Trinajstić information content (AvgIpc) is 3.00. The lowest BCUT2D eigenvalue weighted by Crippen LogP contribution is -2.41. The average molecular weight is 346 g/mol. The Morgan fingerprint density at radius 1 is 1.30 bits per heavy atom. The molecule has 118 valence electrons. The van der Waals surface area contributed by atoms with Crippen molar-refractivity contribution >= 4 is 40.7 Å². The highest BCUT2D eigenvalue weighted by Crippen LogP contribution is 2.26. The topological polar surface area (TPSA) is 36.9 Å². The molecule has 0 radical (unpaired) electrons. The number of halogens is 1. The Hall–Kier alpha value is -2.11. The highest BCUT2D eigenvalue weighted by Gasteiger charge is 2.27. The molecule has 2 aromatic rings. The van der Waals surface area contributed by atoms with Gasteiger partial charge in [0.05, 0.1) is 7.11 Å². The van der Waals surface area contributed by atoms with Crippen molar-refractivity contribution < 1.29 is 4.74 Å². The van der Waals surface area contributed by atoms with Gasteiger partial charge in [-0.25, -0.2) is 0 Å². The number of rotatable bonds is 5. The number of hydrogen-bond acceptors (Lipinski definition) is 5. The maximum absolute atomic E-state index is 6.32. The van der Waals surface area contributed by atoms with Gasteiger partial charge < -0.3 is 9.64 Å². The van der Waals surface area contributed by atoms with Crippen LogP contribution in [0.15, 0.2) is 53.6 Å². The summed E-state index contributed by atoms with van der Waals surface area (Å²) in [6, 6.07) is 15.6. The van der Waals surface area contributed by atoms with E-state index in [2.05, 4.69) is 15.4 Å². The third-order valence-corrected chi connectivity index (χ3v) is 4.27. The van der Waals surface area contributed by atoms with Crippen molar-refractivity contribution in [2.45, 2.75) is 12.6 Å². The molecule has 0 saturated heterocycles. The molecule has 1 aliphatic heterocycles. The first-order valence-corrected chi connectivity index (χ1v) is 8.02. The molecule has 1 unspecified atom stereocenters. The van der Waals surface area contributed by atoms with Gasteiger partial charge in [0, 0.05) is 22.5 Å². The first-order chi connectivity index (χ1) is 11.2. The fourth-order valence-electron chi connectivity index (χ4n) is 2.51. The van der Waals surface area contributed by atoms with Crippen molar-refractivity contribution in [3.05, 3.63) is 59.1 Å². The standard InChI is InChI=1S/C17H16ClN3OS/c1-22-14-7-8-15(18)12(9-14)10-16-19-20-17(11-23)21(16)13-5-3-2-4-6-13/h2-9,11,17,20H,10H2,1H3. The van der Waals surface area contributed by atoms with Crippen molar-refractivity contribution in [3.63, 3.8) is 0 Å². The molecule has 0 aromatic heterocycles. The van der Waals surface area contributed by atoms with Crippen LogP contribution in [0.4, 0.5) is 5.69 Å². The van der Waals surface area contributed by atoms with Crippen LogP contribution in [0.25, 0.3) is 0 Å². The minimum atomic E-state index is -0.146. The third-order valence-electron chi connectivity index (χ3n) is 3.65. The van der Waals surface area contributed by atoms with Crippen LogP contribution in [0.3, 0.4) is 0 Å². The Morgan fingerprint density at radius 3 is 2.78 bits per heavy atom. The van der Waals surface area contributed by atoms with Crippen molar-refractivity contribution in [2.24, 2.45) is 5.10 Å². The number of nitrogens with zero attached hydrogens (tertiary/aromatic N) is 2. The third kappa shape index (κ3) is 3.30. The summed E-state index contributed by atoms with van der Waals surface area (Å²) in [5, 5.41) is 6.78. The fraction of sp³-hybridized carbons (Fsp3) is 0.176. The van der Waals surface area contributed by atoms with Crippen LogP contribution in [-0.2, 0) is 6.42 Å². The SMILES string of the molecule is COc1ccc(Cl)c(CC2=NNC(C=S)N2c2ccccc2)c1. The molecule has 2 aromatic carbocycles. The number of hydrazone groups is 1. The van der Waals surface area contributed by atoms with Crippen molar-refractivity contribution in [2.75, 3.05) is 12.0 Å². The Bertz CT molecular complexity index is 736. The molecule has 6 heteroatoms. The minimum absolute atomic E-state index is 0.146. The molecular weight excluding hydrogens is 330 g/mol. The molecule has 0 amide bonds. The van der Waals surface area contributed by atoms with E-state index < -0.39 is 0 Å². The molecule has 0 aliphatic carbocycles. The van der Waals surface area contributed by atoms with E-state index in [0.717, 1.165) is 22.8 Å². The van der Waals surface area contributed by atoms with E-state index in [-0.39, 0.29) is 6.17 Å². The van der Waals surface area contributed by atoms with Gasteiger partial charge in [0.1, 0.15) is 17.8 Å². The summed E-state index contributed by atoms with van der Waals surface area (Å²) in [4.78, 5) is 2.07. The fourth-order valence-corrected chi connectivity index (χ4v) is 2.88. The molecule has 3 rings (SSSR count). The molecule has 0 fully saturated rings. The number of thiocarbonyl (C=S) groups is 1. The maximum Gasteiger partial charge on any atom is 0.150 e. The lowest BCUT2D eigenvalue weighted by Gasteiger charge is -2.24. The summed E-state index contributed by atoms with van der Waals surface area (Å²) in [7, 11) is 1.64. The van der Waals surface area contributed by atoms with Gasteiger partial charge in [0.15, 0.2) is 0 Å². The number of amidine groups is 1. The van der Waals surface area contributed by atoms with Crippen LogP contribution >= 0.6 is 23.8 Å². The molecule has 1 heterocycles. The van der Waals surface area contributed by atoms with Crippen LogP contribution in [0.5, 0.6) is 5.75 Å². The summed E-state index contributed by atoms with van der Waals surface area (Å²) in [6.45, 7) is 0. The lowest BCUT2D eigenvalue weighted by molar-refractivity contribution is 0.414. The quantitative estimate of drug-likeness (QED) is 0.839. The van der Waals surface area contributed by atoms with E-state index in [0.29, 0.717) is 11.4 Å². The van der Waals surface area contributed by atoms with E-state index >= 15 is 0 Å². The number of hydrogen-bond donors (Lipinski definition) is 1. The second-order valence-electron chi connectivity index (χ2n) is 5.08. The Balaban J connectivity index is 1.91. The van der Waals surface area contributed by atoms with Gasteiger partial charge in [-0.15, -0.1) is 0 Å². The zero-order chi connectivity index (χ0) is 16.2. The Labute approximate surface area is 145 Å². The predicted octanol–water partition coefficient (Wildman–Crippen LogP) is 3.64. The summed E-state index contributed by atoms with van der Waals surface area (Å²) in [5.41, 5.74) is 5.04. The Kier molecular flexibility index (Phi) is 4.79. The van der Waals surface area contributed by atoms with E-state index in [1.54, 1.807) is 12.5 Å². The van der Waals surface area contributed by atoms with Crippen LogP contribution in [0.2, 0.25) is 5.02 Å². The smallest absolute Gasteiger partial charge is 0.150 e. The molecule has 0 saturated carbocycles. The number of benzene rings is 2. The molecule has 1 aliphatic rings. The van der Waals surface area contributed by atoms with Crippen LogP contribution in [0.1, 0.15) is 5.56 Å². The molecular formula is C17H16ClN3OS. The van der Waals surface area contributed by atoms with Crippen LogP contribution in [0, 0.1) is 0 Å². The number of methoxy groups -OCH3 is 1. The van der Waals surface area contributed by atoms with Gasteiger partial charge in [0.2, 0.25) is 0 Å². The summed E-state index contributed by atoms with van der Waals surface area (Å²) in [5.74, 6) is 1.63. The van der Waals surface area contributed by atoms with Crippen LogP contribution < -0.4 is 15.1 Å². The molecule has 4 nitrogen and oxygen atoms in total. The van der Waals surface area contributed by atoms with Gasteiger partial charge in [-0.05, 0) is 35.9 Å². The number of nitrogens with one attached hydrogen (secondary N) is 1. The highest BCUT2D eigenvalue weighted by atomic mass is 35.5. The van der Waals surface area contributed by atoms with Gasteiger partial charge >= 0.3 is 0 Å². The van der Waals surface area contributed by atoms with Crippen molar-refractivity contribution in [1.29, 1.82) is 0 Å². The summed E-state index contributed by atoms with van der Waals surface area (Å²) < 4.78 is 5.28. The molecule has 0 spiro atoms. The van der Waals surface area contributed by atoms with Crippen LogP contribution in [-0.4, -0.2) is 24.5 Å². The first kappa shape index (κ1) is 15.8. The van der Waals surface area contributed by atoms with Gasteiger partial charge in [0.25, 0.3) is 0 Å². The van der Waals surface area contributed by atoms with E-state index in [9.17, 15) is 0 Å². The van der Waals surface area contributed by atoms with Gasteiger partial charge in [-0.1, -0.05) is 42.0 Å². The zero-order valence-electron chi connectivity index (χ0n) is 12.6. The normalized spacial score (nSPS) is 16.7. The highest BCUT2D eigenvalue weighted by molar-refractivity contribution is 7.79. The number of anilines is 1. The van der Waals surface area contributed by atoms with E-state index in [4.69, 9.17) is 28.6 Å². The first-order valence-electron chi connectivity index (χ1n) is 7.17. The molecule has 23 heavy (non-hydrogen) atoms. The zero-order valence-corrected chi connectivity index (χ0v) is 14.1.